The van der Waals surface area contributed by atoms with Gasteiger partial charge >= 0.3 is 0 Å². The zero-order chi connectivity index (χ0) is 8.27. The highest BCUT2D eigenvalue weighted by atomic mass is 15.1. The summed E-state index contributed by atoms with van der Waals surface area (Å²) in [6, 6.07) is 0. The largest absolute Gasteiger partial charge is 0.330 e. The molecule has 1 unspecified atom stereocenters. The minimum absolute atomic E-state index is 0.749. The van der Waals surface area contributed by atoms with Gasteiger partial charge in [0, 0.05) is 6.54 Å². The SMILES string of the molecule is CN(C)CC(CN)C1CCC1. The standard InChI is InChI=1S/C9H20N2/c1-11(2)7-9(6-10)8-4-3-5-8/h8-9H,3-7,10H2,1-2H3. The van der Waals surface area contributed by atoms with Gasteiger partial charge in [-0.15, -0.1) is 0 Å². The van der Waals surface area contributed by atoms with E-state index < -0.39 is 0 Å². The minimum atomic E-state index is 0.749. The zero-order valence-electron chi connectivity index (χ0n) is 7.71. The molecule has 0 heterocycles. The third-order valence-electron chi connectivity index (χ3n) is 2.72. The van der Waals surface area contributed by atoms with Crippen molar-refractivity contribution in [3.8, 4) is 0 Å². The molecule has 1 rings (SSSR count). The fourth-order valence-electron chi connectivity index (χ4n) is 1.80. The van der Waals surface area contributed by atoms with E-state index in [1.54, 1.807) is 0 Å². The van der Waals surface area contributed by atoms with E-state index in [-0.39, 0.29) is 0 Å². The lowest BCUT2D eigenvalue weighted by molar-refractivity contribution is 0.172. The Hall–Kier alpha value is -0.0800. The molecule has 0 amide bonds. The van der Waals surface area contributed by atoms with Crippen molar-refractivity contribution in [2.75, 3.05) is 27.2 Å². The summed E-state index contributed by atoms with van der Waals surface area (Å²) >= 11 is 0. The molecule has 66 valence electrons. The van der Waals surface area contributed by atoms with Crippen LogP contribution in [0, 0.1) is 11.8 Å². The van der Waals surface area contributed by atoms with Crippen LogP contribution in [0.25, 0.3) is 0 Å². The maximum Gasteiger partial charge on any atom is 0.00183 e. The second-order valence-corrected chi connectivity index (χ2v) is 3.95. The van der Waals surface area contributed by atoms with Gasteiger partial charge in [-0.2, -0.15) is 0 Å². The number of hydrogen-bond acceptors (Lipinski definition) is 2. The highest BCUT2D eigenvalue weighted by Gasteiger charge is 2.26. The molecule has 11 heavy (non-hydrogen) atoms. The summed E-state index contributed by atoms with van der Waals surface area (Å²) < 4.78 is 0. The maximum absolute atomic E-state index is 5.70. The Balaban J connectivity index is 2.23. The molecule has 2 heteroatoms. The van der Waals surface area contributed by atoms with Gasteiger partial charge in [0.2, 0.25) is 0 Å². The van der Waals surface area contributed by atoms with Crippen LogP contribution in [-0.4, -0.2) is 32.1 Å². The van der Waals surface area contributed by atoms with E-state index in [0.29, 0.717) is 0 Å². The Morgan fingerprint density at radius 2 is 2.09 bits per heavy atom. The second-order valence-electron chi connectivity index (χ2n) is 3.95. The fourth-order valence-corrected chi connectivity index (χ4v) is 1.80. The van der Waals surface area contributed by atoms with Crippen molar-refractivity contribution in [3.63, 3.8) is 0 Å². The van der Waals surface area contributed by atoms with Gasteiger partial charge in [-0.25, -0.2) is 0 Å². The first kappa shape index (κ1) is 9.01. The molecular formula is C9H20N2. The molecule has 2 N–H and O–H groups in total. The van der Waals surface area contributed by atoms with Crippen molar-refractivity contribution in [1.29, 1.82) is 0 Å². The number of nitrogens with zero attached hydrogens (tertiary/aromatic N) is 1. The lowest BCUT2D eigenvalue weighted by Crippen LogP contribution is -2.36. The highest BCUT2D eigenvalue weighted by molar-refractivity contribution is 4.79. The molecule has 1 saturated carbocycles. The number of nitrogens with two attached hydrogens (primary N) is 1. The summed E-state index contributed by atoms with van der Waals surface area (Å²) in [5.41, 5.74) is 5.70. The molecule has 1 atom stereocenters. The van der Waals surface area contributed by atoms with E-state index in [2.05, 4.69) is 19.0 Å². The molecule has 0 spiro atoms. The monoisotopic (exact) mass is 156 g/mol. The molecule has 1 fully saturated rings. The van der Waals surface area contributed by atoms with Crippen LogP contribution in [-0.2, 0) is 0 Å². The minimum Gasteiger partial charge on any atom is -0.330 e. The average Bonchev–Trinajstić information content (AvgIpc) is 1.81. The van der Waals surface area contributed by atoms with Crippen molar-refractivity contribution in [3.05, 3.63) is 0 Å². The Kier molecular flexibility index (Phi) is 3.34. The first-order valence-corrected chi connectivity index (χ1v) is 4.59. The van der Waals surface area contributed by atoms with E-state index in [1.165, 1.54) is 25.8 Å². The summed E-state index contributed by atoms with van der Waals surface area (Å²) in [6.07, 6.45) is 4.25. The topological polar surface area (TPSA) is 29.3 Å². The third-order valence-corrected chi connectivity index (χ3v) is 2.72. The lowest BCUT2D eigenvalue weighted by atomic mass is 9.76. The van der Waals surface area contributed by atoms with E-state index in [0.717, 1.165) is 18.4 Å². The summed E-state index contributed by atoms with van der Waals surface area (Å²) in [5, 5.41) is 0. The van der Waals surface area contributed by atoms with Gasteiger partial charge in [0.25, 0.3) is 0 Å². The van der Waals surface area contributed by atoms with Crippen molar-refractivity contribution >= 4 is 0 Å². The van der Waals surface area contributed by atoms with Crippen LogP contribution >= 0.6 is 0 Å². The molecule has 1 aliphatic rings. The first-order valence-electron chi connectivity index (χ1n) is 4.59. The summed E-state index contributed by atoms with van der Waals surface area (Å²) in [6.45, 7) is 2.03. The molecular weight excluding hydrogens is 136 g/mol. The van der Waals surface area contributed by atoms with Gasteiger partial charge in [0.15, 0.2) is 0 Å². The van der Waals surface area contributed by atoms with Crippen LogP contribution in [0.1, 0.15) is 19.3 Å². The lowest BCUT2D eigenvalue weighted by Gasteiger charge is -2.34. The van der Waals surface area contributed by atoms with Crippen LogP contribution in [0.5, 0.6) is 0 Å². The van der Waals surface area contributed by atoms with Crippen LogP contribution in [0.2, 0.25) is 0 Å². The van der Waals surface area contributed by atoms with Gasteiger partial charge in [0.1, 0.15) is 0 Å². The molecule has 0 aromatic heterocycles. The summed E-state index contributed by atoms with van der Waals surface area (Å²) in [5.74, 6) is 1.68. The molecule has 0 bridgehead atoms. The van der Waals surface area contributed by atoms with Crippen molar-refractivity contribution in [2.24, 2.45) is 17.6 Å². The molecule has 0 aromatic carbocycles. The fraction of sp³-hybridized carbons (Fsp3) is 1.00. The first-order chi connectivity index (χ1) is 5.24. The molecule has 0 aliphatic heterocycles. The maximum atomic E-state index is 5.70. The quantitative estimate of drug-likeness (QED) is 0.656. The Morgan fingerprint density at radius 1 is 1.45 bits per heavy atom. The third kappa shape index (κ3) is 2.46. The Morgan fingerprint density at radius 3 is 2.36 bits per heavy atom. The van der Waals surface area contributed by atoms with Crippen molar-refractivity contribution < 1.29 is 0 Å². The van der Waals surface area contributed by atoms with Gasteiger partial charge < -0.3 is 10.6 Å². The van der Waals surface area contributed by atoms with Crippen molar-refractivity contribution in [2.45, 2.75) is 19.3 Å². The highest BCUT2D eigenvalue weighted by Crippen LogP contribution is 2.33. The van der Waals surface area contributed by atoms with E-state index in [1.807, 2.05) is 0 Å². The molecule has 1 aliphatic carbocycles. The van der Waals surface area contributed by atoms with Gasteiger partial charge in [0.05, 0.1) is 0 Å². The predicted octanol–water partition coefficient (Wildman–Crippen LogP) is 0.923. The van der Waals surface area contributed by atoms with Crippen LogP contribution < -0.4 is 5.73 Å². The van der Waals surface area contributed by atoms with Gasteiger partial charge in [-0.3, -0.25) is 0 Å². The number of hydrogen-bond donors (Lipinski definition) is 1. The van der Waals surface area contributed by atoms with E-state index in [9.17, 15) is 0 Å². The Bertz CT molecular complexity index is 108. The summed E-state index contributed by atoms with van der Waals surface area (Å²) in [4.78, 5) is 2.25. The second kappa shape index (κ2) is 4.07. The van der Waals surface area contributed by atoms with E-state index in [4.69, 9.17) is 5.73 Å². The molecule has 0 saturated heterocycles. The van der Waals surface area contributed by atoms with Crippen LogP contribution in [0.4, 0.5) is 0 Å². The van der Waals surface area contributed by atoms with Gasteiger partial charge in [-0.05, 0) is 32.5 Å². The average molecular weight is 156 g/mol. The Labute approximate surface area is 69.8 Å². The molecule has 0 aromatic rings. The van der Waals surface area contributed by atoms with E-state index >= 15 is 0 Å². The van der Waals surface area contributed by atoms with Crippen LogP contribution in [0.15, 0.2) is 0 Å². The summed E-state index contributed by atoms with van der Waals surface area (Å²) in [7, 11) is 4.25. The van der Waals surface area contributed by atoms with Gasteiger partial charge in [-0.1, -0.05) is 19.3 Å². The molecule has 2 nitrogen and oxygen atoms in total. The normalized spacial score (nSPS) is 21.8. The zero-order valence-corrected chi connectivity index (χ0v) is 7.71. The van der Waals surface area contributed by atoms with Crippen molar-refractivity contribution in [1.82, 2.24) is 4.90 Å². The molecule has 0 radical (unpaired) electrons. The smallest absolute Gasteiger partial charge is 0.00183 e. The van der Waals surface area contributed by atoms with Crippen LogP contribution in [0.3, 0.4) is 0 Å². The predicted molar refractivity (Wildman–Crippen MR) is 48.4 cm³/mol. The number of rotatable bonds is 4.